The number of nitrogens with one attached hydrogen (secondary N) is 1. The Balaban J connectivity index is 1.95. The molecule has 1 aromatic rings. The summed E-state index contributed by atoms with van der Waals surface area (Å²) in [5.74, 6) is -0.187. The van der Waals surface area contributed by atoms with Crippen molar-refractivity contribution in [2.75, 3.05) is 19.8 Å². The highest BCUT2D eigenvalue weighted by Crippen LogP contribution is 2.18. The zero-order valence-electron chi connectivity index (χ0n) is 13.8. The van der Waals surface area contributed by atoms with Crippen LogP contribution in [0.25, 0.3) is 0 Å². The molecule has 126 valence electrons. The van der Waals surface area contributed by atoms with Crippen LogP contribution in [0.1, 0.15) is 46.5 Å². The number of rotatable bonds is 6. The van der Waals surface area contributed by atoms with Crippen molar-refractivity contribution in [1.29, 1.82) is 0 Å². The third-order valence-corrected chi connectivity index (χ3v) is 4.78. The molecule has 5 nitrogen and oxygen atoms in total. The lowest BCUT2D eigenvalue weighted by Gasteiger charge is -2.31. The maximum atomic E-state index is 12.4. The third kappa shape index (κ3) is 5.27. The van der Waals surface area contributed by atoms with Gasteiger partial charge in [-0.15, -0.1) is 11.3 Å². The van der Waals surface area contributed by atoms with Gasteiger partial charge in [0.25, 0.3) is 5.91 Å². The van der Waals surface area contributed by atoms with Gasteiger partial charge in [0.1, 0.15) is 6.10 Å². The minimum atomic E-state index is -0.162. The smallest absolute Gasteiger partial charge is 0.261 e. The molecule has 0 saturated carbocycles. The molecule has 2 atom stereocenters. The SMILES string of the molecule is CC(=O)c1ccc(C(=O)N[C@@H]2CCOC[C@H]2OCC=C(C)C)s1. The Morgan fingerprint density at radius 2 is 2.09 bits per heavy atom. The van der Waals surface area contributed by atoms with E-state index in [0.717, 1.165) is 6.42 Å². The predicted molar refractivity (Wildman–Crippen MR) is 90.2 cm³/mol. The topological polar surface area (TPSA) is 64.6 Å². The van der Waals surface area contributed by atoms with Crippen LogP contribution in [-0.4, -0.2) is 43.7 Å². The first kappa shape index (κ1) is 17.8. The fourth-order valence-electron chi connectivity index (χ4n) is 2.27. The van der Waals surface area contributed by atoms with Crippen LogP contribution in [0.2, 0.25) is 0 Å². The molecule has 2 rings (SSSR count). The summed E-state index contributed by atoms with van der Waals surface area (Å²) in [4.78, 5) is 24.8. The molecule has 0 aromatic carbocycles. The lowest BCUT2D eigenvalue weighted by Crippen LogP contribution is -2.49. The van der Waals surface area contributed by atoms with E-state index in [1.165, 1.54) is 23.8 Å². The number of carbonyl (C=O) groups is 2. The second kappa shape index (κ2) is 8.38. The molecule has 1 aliphatic rings. The summed E-state index contributed by atoms with van der Waals surface area (Å²) in [6.07, 6.45) is 2.57. The van der Waals surface area contributed by atoms with Crippen molar-refractivity contribution in [3.8, 4) is 0 Å². The summed E-state index contributed by atoms with van der Waals surface area (Å²) in [6.45, 7) is 7.13. The molecule has 2 heterocycles. The van der Waals surface area contributed by atoms with Gasteiger partial charge in [0.15, 0.2) is 5.78 Å². The van der Waals surface area contributed by atoms with Crippen LogP contribution in [0.5, 0.6) is 0 Å². The van der Waals surface area contributed by atoms with Crippen LogP contribution in [0.4, 0.5) is 0 Å². The Morgan fingerprint density at radius 3 is 2.74 bits per heavy atom. The second-order valence-corrected chi connectivity index (χ2v) is 6.90. The van der Waals surface area contributed by atoms with Crippen molar-refractivity contribution in [2.24, 2.45) is 0 Å². The van der Waals surface area contributed by atoms with Crippen molar-refractivity contribution >= 4 is 23.0 Å². The lowest BCUT2D eigenvalue weighted by atomic mass is 10.1. The van der Waals surface area contributed by atoms with Crippen molar-refractivity contribution in [3.63, 3.8) is 0 Å². The number of allylic oxidation sites excluding steroid dienone is 1. The molecular weight excluding hydrogens is 314 g/mol. The summed E-state index contributed by atoms with van der Waals surface area (Å²) in [6, 6.07) is 3.30. The van der Waals surface area contributed by atoms with Gasteiger partial charge in [0.2, 0.25) is 0 Å². The molecule has 0 spiro atoms. The third-order valence-electron chi connectivity index (χ3n) is 3.60. The minimum Gasteiger partial charge on any atom is -0.379 e. The molecule has 1 aliphatic heterocycles. The summed E-state index contributed by atoms with van der Waals surface area (Å²) in [5, 5.41) is 3.01. The van der Waals surface area contributed by atoms with Gasteiger partial charge in [0, 0.05) is 6.61 Å². The highest BCUT2D eigenvalue weighted by molar-refractivity contribution is 7.15. The molecule has 1 saturated heterocycles. The first-order chi connectivity index (χ1) is 11.0. The van der Waals surface area contributed by atoms with Gasteiger partial charge in [0.05, 0.1) is 29.0 Å². The zero-order chi connectivity index (χ0) is 16.8. The fraction of sp³-hybridized carbons (Fsp3) is 0.529. The first-order valence-corrected chi connectivity index (χ1v) is 8.53. The van der Waals surface area contributed by atoms with E-state index in [-0.39, 0.29) is 23.8 Å². The van der Waals surface area contributed by atoms with Crippen LogP contribution in [0, 0.1) is 0 Å². The van der Waals surface area contributed by atoms with Gasteiger partial charge in [-0.1, -0.05) is 11.6 Å². The number of ether oxygens (including phenoxy) is 2. The molecule has 1 N–H and O–H groups in total. The van der Waals surface area contributed by atoms with Crippen molar-refractivity contribution < 1.29 is 19.1 Å². The Kier molecular flexibility index (Phi) is 6.50. The maximum absolute atomic E-state index is 12.4. The molecular formula is C17H23NO4S. The number of amides is 1. The van der Waals surface area contributed by atoms with E-state index in [4.69, 9.17) is 9.47 Å². The normalized spacial score (nSPS) is 20.8. The number of Topliss-reactive ketones (excluding diaryl/α,β-unsaturated/α-hetero) is 1. The van der Waals surface area contributed by atoms with Crippen molar-refractivity contribution in [3.05, 3.63) is 33.5 Å². The predicted octanol–water partition coefficient (Wildman–Crippen LogP) is 2.82. The first-order valence-electron chi connectivity index (χ1n) is 7.71. The highest BCUT2D eigenvalue weighted by Gasteiger charge is 2.28. The molecule has 23 heavy (non-hydrogen) atoms. The monoisotopic (exact) mass is 337 g/mol. The fourth-order valence-corrected chi connectivity index (χ4v) is 3.07. The number of hydrogen-bond donors (Lipinski definition) is 1. The quantitative estimate of drug-likeness (QED) is 0.640. The molecule has 1 fully saturated rings. The van der Waals surface area contributed by atoms with E-state index >= 15 is 0 Å². The lowest BCUT2D eigenvalue weighted by molar-refractivity contribution is -0.0589. The summed E-state index contributed by atoms with van der Waals surface area (Å²) in [5.41, 5.74) is 1.19. The Labute approximate surface area is 140 Å². The van der Waals surface area contributed by atoms with E-state index in [1.807, 2.05) is 19.9 Å². The minimum absolute atomic E-state index is 0.0250. The van der Waals surface area contributed by atoms with Gasteiger partial charge >= 0.3 is 0 Å². The summed E-state index contributed by atoms with van der Waals surface area (Å²) < 4.78 is 11.3. The number of ketones is 1. The standard InChI is InChI=1S/C17H23NO4S/c1-11(2)6-9-22-14-10-21-8-7-13(14)18-17(20)16-5-4-15(23-16)12(3)19/h4-6,13-14H,7-10H2,1-3H3,(H,18,20)/t13-,14-/m1/s1. The molecule has 1 aromatic heterocycles. The molecule has 6 heteroatoms. The second-order valence-electron chi connectivity index (χ2n) is 5.82. The molecule has 0 unspecified atom stereocenters. The average molecular weight is 337 g/mol. The molecule has 1 amide bonds. The highest BCUT2D eigenvalue weighted by atomic mass is 32.1. The average Bonchev–Trinajstić information content (AvgIpc) is 2.99. The van der Waals surface area contributed by atoms with Gasteiger partial charge in [-0.3, -0.25) is 9.59 Å². The van der Waals surface area contributed by atoms with E-state index in [2.05, 4.69) is 5.32 Å². The van der Waals surface area contributed by atoms with Crippen LogP contribution in [0.15, 0.2) is 23.8 Å². The Hall–Kier alpha value is -1.50. The van der Waals surface area contributed by atoms with Gasteiger partial charge in [-0.05, 0) is 39.3 Å². The van der Waals surface area contributed by atoms with E-state index in [1.54, 1.807) is 12.1 Å². The van der Waals surface area contributed by atoms with Crippen LogP contribution in [0.3, 0.4) is 0 Å². The number of carbonyl (C=O) groups excluding carboxylic acids is 2. The van der Waals surface area contributed by atoms with Crippen molar-refractivity contribution in [1.82, 2.24) is 5.32 Å². The number of hydrogen-bond acceptors (Lipinski definition) is 5. The van der Waals surface area contributed by atoms with Gasteiger partial charge < -0.3 is 14.8 Å². The molecule has 0 aliphatic carbocycles. The van der Waals surface area contributed by atoms with Crippen LogP contribution in [-0.2, 0) is 9.47 Å². The van der Waals surface area contributed by atoms with Crippen LogP contribution < -0.4 is 5.32 Å². The summed E-state index contributed by atoms with van der Waals surface area (Å²) >= 11 is 1.22. The summed E-state index contributed by atoms with van der Waals surface area (Å²) in [7, 11) is 0. The Morgan fingerprint density at radius 1 is 1.35 bits per heavy atom. The largest absolute Gasteiger partial charge is 0.379 e. The molecule has 0 radical (unpaired) electrons. The maximum Gasteiger partial charge on any atom is 0.261 e. The van der Waals surface area contributed by atoms with Crippen molar-refractivity contribution in [2.45, 2.75) is 39.3 Å². The molecule has 0 bridgehead atoms. The van der Waals surface area contributed by atoms with Gasteiger partial charge in [-0.25, -0.2) is 0 Å². The van der Waals surface area contributed by atoms with Crippen LogP contribution >= 0.6 is 11.3 Å². The van der Waals surface area contributed by atoms with E-state index < -0.39 is 0 Å². The van der Waals surface area contributed by atoms with E-state index in [9.17, 15) is 9.59 Å². The van der Waals surface area contributed by atoms with E-state index in [0.29, 0.717) is 29.6 Å². The zero-order valence-corrected chi connectivity index (χ0v) is 14.6. The number of thiophene rings is 1. The Bertz CT molecular complexity index is 589. The van der Waals surface area contributed by atoms with Gasteiger partial charge in [-0.2, -0.15) is 0 Å².